The molecular formula is C18H14Cl2FN5O. The van der Waals surface area contributed by atoms with Crippen molar-refractivity contribution < 1.29 is 9.18 Å². The van der Waals surface area contributed by atoms with Crippen molar-refractivity contribution in [3.05, 3.63) is 63.8 Å². The van der Waals surface area contributed by atoms with Gasteiger partial charge in [-0.25, -0.2) is 4.98 Å². The van der Waals surface area contributed by atoms with Gasteiger partial charge in [-0.1, -0.05) is 35.3 Å². The fourth-order valence-corrected chi connectivity index (χ4v) is 3.51. The number of carbonyl (C=O) groups is 1. The molecule has 0 spiro atoms. The van der Waals surface area contributed by atoms with E-state index in [0.29, 0.717) is 34.5 Å². The zero-order chi connectivity index (χ0) is 19.1. The molecule has 1 aliphatic rings. The van der Waals surface area contributed by atoms with E-state index in [0.717, 1.165) is 0 Å². The van der Waals surface area contributed by atoms with Gasteiger partial charge in [-0.2, -0.15) is 4.39 Å². The minimum absolute atomic E-state index is 0.150. The van der Waals surface area contributed by atoms with Gasteiger partial charge in [0.1, 0.15) is 5.69 Å². The Labute approximate surface area is 164 Å². The van der Waals surface area contributed by atoms with E-state index in [1.54, 1.807) is 35.2 Å². The zero-order valence-electron chi connectivity index (χ0n) is 14.2. The average Bonchev–Trinajstić information content (AvgIpc) is 3.05. The van der Waals surface area contributed by atoms with Crippen LogP contribution in [0.25, 0.3) is 11.5 Å². The molecule has 1 aromatic carbocycles. The molecule has 0 unspecified atom stereocenters. The molecule has 2 aromatic heterocycles. The average molecular weight is 406 g/mol. The molecule has 6 nitrogen and oxygen atoms in total. The lowest BCUT2D eigenvalue weighted by molar-refractivity contribution is 0.0612. The fourth-order valence-electron chi connectivity index (χ4n) is 3.13. The van der Waals surface area contributed by atoms with Gasteiger partial charge in [-0.05, 0) is 31.2 Å². The highest BCUT2D eigenvalue weighted by molar-refractivity contribution is 6.43. The minimum Gasteiger partial charge on any atom is -0.327 e. The Morgan fingerprint density at radius 3 is 2.74 bits per heavy atom. The van der Waals surface area contributed by atoms with Crippen LogP contribution in [0.5, 0.6) is 0 Å². The third kappa shape index (κ3) is 3.17. The predicted octanol–water partition coefficient (Wildman–Crippen LogP) is 3.83. The summed E-state index contributed by atoms with van der Waals surface area (Å²) in [4.78, 5) is 18.5. The van der Waals surface area contributed by atoms with Crippen molar-refractivity contribution in [3.8, 4) is 11.5 Å². The summed E-state index contributed by atoms with van der Waals surface area (Å²) in [5.41, 5.74) is 0.745. The Hall–Kier alpha value is -2.51. The molecule has 0 fully saturated rings. The summed E-state index contributed by atoms with van der Waals surface area (Å²) < 4.78 is 15.3. The third-order valence-corrected chi connectivity index (χ3v) is 5.32. The van der Waals surface area contributed by atoms with Crippen molar-refractivity contribution in [1.82, 2.24) is 24.6 Å². The van der Waals surface area contributed by atoms with Crippen LogP contribution in [-0.2, 0) is 13.1 Å². The molecule has 1 atom stereocenters. The van der Waals surface area contributed by atoms with Gasteiger partial charge < -0.3 is 9.47 Å². The van der Waals surface area contributed by atoms with E-state index in [2.05, 4.69) is 15.2 Å². The SMILES string of the molecule is C[C@H]1Cn2c(nnc2-c2cccc(F)n2)CN1C(=O)c1cccc(Cl)c1Cl. The molecule has 0 radical (unpaired) electrons. The number of aromatic nitrogens is 4. The first-order valence-corrected chi connectivity index (χ1v) is 9.01. The highest BCUT2D eigenvalue weighted by atomic mass is 35.5. The molecule has 0 bridgehead atoms. The first kappa shape index (κ1) is 17.9. The van der Waals surface area contributed by atoms with Crippen molar-refractivity contribution in [2.75, 3.05) is 0 Å². The molecule has 27 heavy (non-hydrogen) atoms. The van der Waals surface area contributed by atoms with Gasteiger partial charge in [-0.3, -0.25) is 4.79 Å². The summed E-state index contributed by atoms with van der Waals surface area (Å²) in [5.74, 6) is 0.265. The van der Waals surface area contributed by atoms with E-state index in [1.807, 2.05) is 11.5 Å². The van der Waals surface area contributed by atoms with Crippen LogP contribution in [0.15, 0.2) is 36.4 Å². The van der Waals surface area contributed by atoms with E-state index in [1.165, 1.54) is 6.07 Å². The maximum Gasteiger partial charge on any atom is 0.256 e. The van der Waals surface area contributed by atoms with Gasteiger partial charge in [0.05, 0.1) is 22.2 Å². The Balaban J connectivity index is 1.67. The summed E-state index contributed by atoms with van der Waals surface area (Å²) in [7, 11) is 0. The number of hydrogen-bond acceptors (Lipinski definition) is 4. The van der Waals surface area contributed by atoms with E-state index < -0.39 is 5.95 Å². The van der Waals surface area contributed by atoms with Crippen LogP contribution >= 0.6 is 23.2 Å². The van der Waals surface area contributed by atoms with Gasteiger partial charge >= 0.3 is 0 Å². The molecule has 0 N–H and O–H groups in total. The topological polar surface area (TPSA) is 63.9 Å². The van der Waals surface area contributed by atoms with Crippen LogP contribution in [-0.4, -0.2) is 36.6 Å². The van der Waals surface area contributed by atoms with E-state index in [4.69, 9.17) is 23.2 Å². The molecule has 3 heterocycles. The second kappa shape index (κ2) is 6.90. The second-order valence-corrected chi connectivity index (χ2v) is 7.06. The van der Waals surface area contributed by atoms with Crippen LogP contribution < -0.4 is 0 Å². The molecule has 0 saturated carbocycles. The number of rotatable bonds is 2. The van der Waals surface area contributed by atoms with Gasteiger partial charge in [0.2, 0.25) is 5.95 Å². The molecule has 138 valence electrons. The number of pyridine rings is 1. The maximum absolute atomic E-state index is 13.4. The highest BCUT2D eigenvalue weighted by Gasteiger charge is 2.32. The smallest absolute Gasteiger partial charge is 0.256 e. The first-order chi connectivity index (χ1) is 13.0. The molecule has 3 aromatic rings. The fraction of sp³-hybridized carbons (Fsp3) is 0.222. The zero-order valence-corrected chi connectivity index (χ0v) is 15.7. The van der Waals surface area contributed by atoms with Crippen molar-refractivity contribution in [1.29, 1.82) is 0 Å². The lowest BCUT2D eigenvalue weighted by atomic mass is 10.1. The Morgan fingerprint density at radius 1 is 1.19 bits per heavy atom. The van der Waals surface area contributed by atoms with Crippen molar-refractivity contribution in [2.45, 2.75) is 26.1 Å². The van der Waals surface area contributed by atoms with Crippen molar-refractivity contribution in [3.63, 3.8) is 0 Å². The monoisotopic (exact) mass is 405 g/mol. The Morgan fingerprint density at radius 2 is 1.96 bits per heavy atom. The quantitative estimate of drug-likeness (QED) is 0.607. The van der Waals surface area contributed by atoms with E-state index in [9.17, 15) is 9.18 Å². The van der Waals surface area contributed by atoms with Gasteiger partial charge in [0.25, 0.3) is 5.91 Å². The lowest BCUT2D eigenvalue weighted by Gasteiger charge is -2.34. The van der Waals surface area contributed by atoms with Gasteiger partial charge in [-0.15, -0.1) is 10.2 Å². The van der Waals surface area contributed by atoms with Crippen LogP contribution in [0.4, 0.5) is 4.39 Å². The van der Waals surface area contributed by atoms with Gasteiger partial charge in [0, 0.05) is 12.6 Å². The van der Waals surface area contributed by atoms with Crippen LogP contribution in [0.3, 0.4) is 0 Å². The Bertz CT molecular complexity index is 1040. The summed E-state index contributed by atoms with van der Waals surface area (Å²) >= 11 is 12.2. The number of amides is 1. The summed E-state index contributed by atoms with van der Waals surface area (Å²) in [6.45, 7) is 2.63. The number of halogens is 3. The normalized spacial score (nSPS) is 16.3. The van der Waals surface area contributed by atoms with Crippen LogP contribution in [0.2, 0.25) is 10.0 Å². The minimum atomic E-state index is -0.582. The largest absolute Gasteiger partial charge is 0.327 e. The summed E-state index contributed by atoms with van der Waals surface area (Å²) in [5, 5.41) is 8.86. The third-order valence-electron chi connectivity index (χ3n) is 4.51. The van der Waals surface area contributed by atoms with E-state index in [-0.39, 0.29) is 23.5 Å². The molecule has 4 rings (SSSR count). The molecule has 1 aliphatic heterocycles. The Kier molecular flexibility index (Phi) is 4.57. The van der Waals surface area contributed by atoms with Crippen molar-refractivity contribution >= 4 is 29.1 Å². The number of carbonyl (C=O) groups excluding carboxylic acids is 1. The number of hydrogen-bond donors (Lipinski definition) is 0. The maximum atomic E-state index is 13.4. The molecule has 0 saturated heterocycles. The summed E-state index contributed by atoms with van der Waals surface area (Å²) in [6.07, 6.45) is 0. The standard InChI is InChI=1S/C18H14Cl2FN5O/c1-10-8-26-15(23-24-17(26)13-6-3-7-14(21)22-13)9-25(10)18(27)11-4-2-5-12(19)16(11)20/h2-7,10H,8-9H2,1H3/t10-/m0/s1. The molecule has 1 amide bonds. The molecular weight excluding hydrogens is 392 g/mol. The van der Waals surface area contributed by atoms with Crippen LogP contribution in [0, 0.1) is 5.95 Å². The molecule has 0 aliphatic carbocycles. The predicted molar refractivity (Wildman–Crippen MR) is 99.0 cm³/mol. The number of benzene rings is 1. The van der Waals surface area contributed by atoms with E-state index >= 15 is 0 Å². The lowest BCUT2D eigenvalue weighted by Crippen LogP contribution is -2.45. The van der Waals surface area contributed by atoms with Crippen molar-refractivity contribution in [2.24, 2.45) is 0 Å². The first-order valence-electron chi connectivity index (χ1n) is 8.25. The number of fused-ring (bicyclic) bond motifs is 1. The van der Waals surface area contributed by atoms with Crippen LogP contribution in [0.1, 0.15) is 23.1 Å². The molecule has 9 heteroatoms. The number of nitrogens with zero attached hydrogens (tertiary/aromatic N) is 5. The van der Waals surface area contributed by atoms with Gasteiger partial charge in [0.15, 0.2) is 11.6 Å². The summed E-state index contributed by atoms with van der Waals surface area (Å²) in [6, 6.07) is 9.33. The highest BCUT2D eigenvalue weighted by Crippen LogP contribution is 2.29. The second-order valence-electron chi connectivity index (χ2n) is 6.28.